The van der Waals surface area contributed by atoms with E-state index < -0.39 is 62.3 Å². The van der Waals surface area contributed by atoms with Crippen LogP contribution < -0.4 is 11.2 Å². The van der Waals surface area contributed by atoms with Crippen LogP contribution in [0.4, 0.5) is 8.78 Å². The fourth-order valence-corrected chi connectivity index (χ4v) is 5.34. The van der Waals surface area contributed by atoms with Gasteiger partial charge < -0.3 is 38.7 Å². The third-order valence-corrected chi connectivity index (χ3v) is 8.71. The fraction of sp³-hybridized carbons (Fsp3) is 0.278. The van der Waals surface area contributed by atoms with Gasteiger partial charge in [0.05, 0.1) is 13.2 Å². The zero-order valence-corrected chi connectivity index (χ0v) is 19.9. The molecule has 0 saturated heterocycles. The summed E-state index contributed by atoms with van der Waals surface area (Å²) in [7, 11) is -12.7. The standard InChI is InChI=1S/C18H17F2N3O12P2/c19-18(20,36(28,29)30)37(31,32)33-8-12-14(25)15(26)16(34-12)22-6-5-13(24)23(17(22)27)7-10-9-3-1-2-4-11(9)35-21-10/h1-6,12,16,25-26H,7-8H2,(H,31,32)(H2,28,29,30)/t12-,16-/m1/s1. The van der Waals surface area contributed by atoms with E-state index in [0.717, 1.165) is 12.3 Å². The quantitative estimate of drug-likeness (QED) is 0.243. The molecule has 1 aromatic carbocycles. The molecule has 1 unspecified atom stereocenters. The maximum atomic E-state index is 13.6. The van der Waals surface area contributed by atoms with Gasteiger partial charge in [-0.15, -0.1) is 0 Å². The Hall–Kier alpha value is -3.17. The Balaban J connectivity index is 1.59. The van der Waals surface area contributed by atoms with Gasteiger partial charge in [-0.05, 0) is 12.1 Å². The fourth-order valence-electron chi connectivity index (χ4n) is 3.36. The minimum atomic E-state index is -6.42. The molecule has 15 nitrogen and oxygen atoms in total. The first kappa shape index (κ1) is 26.9. The van der Waals surface area contributed by atoms with Crippen LogP contribution in [0, 0.1) is 0 Å². The van der Waals surface area contributed by atoms with Gasteiger partial charge >= 0.3 is 26.3 Å². The number of aromatic nitrogens is 3. The molecule has 4 rings (SSSR count). The summed E-state index contributed by atoms with van der Waals surface area (Å²) in [6.07, 6.45) is -2.84. The van der Waals surface area contributed by atoms with Crippen molar-refractivity contribution in [2.24, 2.45) is 0 Å². The monoisotopic (exact) mass is 567 g/mol. The number of hydrogen-bond donors (Lipinski definition) is 5. The predicted molar refractivity (Wildman–Crippen MR) is 117 cm³/mol. The van der Waals surface area contributed by atoms with Crippen molar-refractivity contribution >= 4 is 26.2 Å². The highest BCUT2D eigenvalue weighted by Crippen LogP contribution is 2.73. The topological polar surface area (TPSA) is 224 Å². The van der Waals surface area contributed by atoms with Crippen LogP contribution in [0.25, 0.3) is 11.0 Å². The highest BCUT2D eigenvalue weighted by molar-refractivity contribution is 7.72. The molecule has 0 bridgehead atoms. The third-order valence-electron chi connectivity index (χ3n) is 5.29. The van der Waals surface area contributed by atoms with Gasteiger partial charge in [-0.1, -0.05) is 17.3 Å². The molecule has 1 aliphatic heterocycles. The van der Waals surface area contributed by atoms with Crippen molar-refractivity contribution in [3.8, 4) is 0 Å². The van der Waals surface area contributed by atoms with Gasteiger partial charge in [0.15, 0.2) is 23.3 Å². The van der Waals surface area contributed by atoms with Crippen LogP contribution >= 0.6 is 15.2 Å². The number of nitrogens with zero attached hydrogens (tertiary/aromatic N) is 3. The lowest BCUT2D eigenvalue weighted by Gasteiger charge is -2.23. The molecule has 3 aromatic rings. The Bertz CT molecular complexity index is 1610. The van der Waals surface area contributed by atoms with Crippen LogP contribution in [0.3, 0.4) is 0 Å². The molecule has 3 heterocycles. The average Bonchev–Trinajstić information content (AvgIpc) is 3.35. The summed E-state index contributed by atoms with van der Waals surface area (Å²) in [6, 6.07) is 7.53. The number of para-hydroxylation sites is 1. The highest BCUT2D eigenvalue weighted by Gasteiger charge is 2.65. The molecule has 1 aliphatic rings. The Morgan fingerprint density at radius 3 is 2.43 bits per heavy atom. The first-order valence-corrected chi connectivity index (χ1v) is 13.2. The Labute approximate surface area is 203 Å². The van der Waals surface area contributed by atoms with E-state index in [4.69, 9.17) is 19.0 Å². The number of rotatable bonds is 8. The van der Waals surface area contributed by atoms with Crippen LogP contribution in [-0.4, -0.2) is 57.3 Å². The second-order valence-electron chi connectivity index (χ2n) is 7.67. The van der Waals surface area contributed by atoms with Gasteiger partial charge in [0, 0.05) is 17.6 Å². The van der Waals surface area contributed by atoms with Gasteiger partial charge in [-0.2, -0.15) is 8.78 Å². The van der Waals surface area contributed by atoms with E-state index >= 15 is 0 Å². The Morgan fingerprint density at radius 2 is 1.76 bits per heavy atom. The molecule has 0 amide bonds. The van der Waals surface area contributed by atoms with Crippen LogP contribution in [-0.2, 0) is 24.9 Å². The number of halogens is 2. The number of ether oxygens (including phenoxy) is 1. The van der Waals surface area contributed by atoms with Crippen LogP contribution in [0.1, 0.15) is 11.9 Å². The highest BCUT2D eigenvalue weighted by atomic mass is 31.2. The van der Waals surface area contributed by atoms with Crippen molar-refractivity contribution in [1.29, 1.82) is 0 Å². The zero-order chi connectivity index (χ0) is 27.3. The van der Waals surface area contributed by atoms with Crippen molar-refractivity contribution in [3.63, 3.8) is 0 Å². The predicted octanol–water partition coefficient (Wildman–Crippen LogP) is 1.35. The number of alkyl halides is 2. The van der Waals surface area contributed by atoms with E-state index in [9.17, 15) is 42.6 Å². The molecular formula is C18H17F2N3O12P2. The molecule has 0 spiro atoms. The second-order valence-corrected chi connectivity index (χ2v) is 11.5. The summed E-state index contributed by atoms with van der Waals surface area (Å²) in [5, 5.41) is 19.2. The van der Waals surface area contributed by atoms with E-state index in [1.807, 2.05) is 0 Å². The van der Waals surface area contributed by atoms with E-state index in [2.05, 4.69) is 9.68 Å². The van der Waals surface area contributed by atoms with Crippen LogP contribution in [0.5, 0.6) is 0 Å². The Morgan fingerprint density at radius 1 is 1.08 bits per heavy atom. The summed E-state index contributed by atoms with van der Waals surface area (Å²) >= 11 is 0. The number of fused-ring (bicyclic) bond motifs is 1. The van der Waals surface area contributed by atoms with E-state index in [1.165, 1.54) is 0 Å². The molecule has 0 aliphatic carbocycles. The smallest absolute Gasteiger partial charge is 0.443 e. The van der Waals surface area contributed by atoms with Crippen molar-refractivity contribution in [2.45, 2.75) is 24.3 Å². The van der Waals surface area contributed by atoms with E-state index in [0.29, 0.717) is 20.1 Å². The summed E-state index contributed by atoms with van der Waals surface area (Å²) in [5.74, 6) is -2.11. The van der Waals surface area contributed by atoms with E-state index in [-0.39, 0.29) is 12.2 Å². The Kier molecular flexibility index (Phi) is 6.75. The summed E-state index contributed by atoms with van der Waals surface area (Å²) in [4.78, 5) is 52.0. The number of benzene rings is 1. The second kappa shape index (κ2) is 9.29. The molecule has 0 fully saturated rings. The lowest BCUT2D eigenvalue weighted by molar-refractivity contribution is -0.0374. The molecule has 0 saturated carbocycles. The van der Waals surface area contributed by atoms with Crippen molar-refractivity contribution in [3.05, 3.63) is 74.6 Å². The number of aliphatic hydroxyl groups excluding tert-OH is 2. The van der Waals surface area contributed by atoms with Crippen LogP contribution in [0.2, 0.25) is 0 Å². The largest absolute Gasteiger partial charge is 0.506 e. The van der Waals surface area contributed by atoms with Gasteiger partial charge in [0.2, 0.25) is 0 Å². The van der Waals surface area contributed by atoms with Crippen molar-refractivity contribution < 1.29 is 56.6 Å². The molecule has 3 atom stereocenters. The van der Waals surface area contributed by atoms with Crippen molar-refractivity contribution in [2.75, 3.05) is 6.61 Å². The third kappa shape index (κ3) is 4.66. The van der Waals surface area contributed by atoms with Gasteiger partial charge in [0.25, 0.3) is 5.56 Å². The minimum absolute atomic E-state index is 0.221. The summed E-state index contributed by atoms with van der Waals surface area (Å²) < 4.78 is 65.6. The first-order valence-electron chi connectivity index (χ1n) is 9.99. The summed E-state index contributed by atoms with van der Waals surface area (Å²) in [5.41, 5.74) is -1.23. The molecule has 37 heavy (non-hydrogen) atoms. The molecule has 2 aromatic heterocycles. The van der Waals surface area contributed by atoms with Gasteiger partial charge in [-0.3, -0.25) is 23.1 Å². The lowest BCUT2D eigenvalue weighted by atomic mass is 10.2. The van der Waals surface area contributed by atoms with E-state index in [1.54, 1.807) is 24.3 Å². The minimum Gasteiger partial charge on any atom is -0.506 e. The first-order chi connectivity index (χ1) is 17.2. The molecule has 200 valence electrons. The normalized spacial score (nSPS) is 20.5. The van der Waals surface area contributed by atoms with Crippen LogP contribution in [0.15, 0.2) is 62.2 Å². The summed E-state index contributed by atoms with van der Waals surface area (Å²) in [6.45, 7) is -1.74. The zero-order valence-electron chi connectivity index (χ0n) is 18.1. The number of aliphatic hydroxyl groups is 2. The maximum absolute atomic E-state index is 13.6. The molecule has 0 radical (unpaired) electrons. The molecular weight excluding hydrogens is 550 g/mol. The number of hydrogen-bond acceptors (Lipinski definition) is 10. The average molecular weight is 567 g/mol. The van der Waals surface area contributed by atoms with Gasteiger partial charge in [-0.25, -0.2) is 4.79 Å². The molecule has 5 N–H and O–H groups in total. The molecule has 19 heteroatoms. The van der Waals surface area contributed by atoms with Crippen molar-refractivity contribution in [1.82, 2.24) is 14.3 Å². The lowest BCUT2D eigenvalue weighted by Crippen LogP contribution is -2.41. The maximum Gasteiger partial charge on any atom is 0.443 e. The SMILES string of the molecule is O=c1ccn([C@@H]2O[C@H](COP(=O)(O)C(F)(F)P(=O)(O)O)C(O)=C2O)c(=O)n1Cc1noc2ccccc12. The van der Waals surface area contributed by atoms with Gasteiger partial charge in [0.1, 0.15) is 11.8 Å².